The minimum atomic E-state index is -4.24. The second-order valence-electron chi connectivity index (χ2n) is 10.3. The Balaban J connectivity index is 2.04. The maximum Gasteiger partial charge on any atom is 0.264 e. The molecule has 0 saturated carbocycles. The predicted molar refractivity (Wildman–Crippen MR) is 166 cm³/mol. The van der Waals surface area contributed by atoms with Gasteiger partial charge in [0.15, 0.2) is 0 Å². The number of aryl methyl sites for hydroxylation is 1. The maximum absolute atomic E-state index is 14.1. The van der Waals surface area contributed by atoms with Gasteiger partial charge in [-0.3, -0.25) is 13.9 Å². The Morgan fingerprint density at radius 3 is 2.22 bits per heavy atom. The lowest BCUT2D eigenvalue weighted by Crippen LogP contribution is -2.53. The van der Waals surface area contributed by atoms with Crippen LogP contribution in [0, 0.1) is 12.8 Å². The maximum atomic E-state index is 14.1. The van der Waals surface area contributed by atoms with Crippen LogP contribution < -0.4 is 9.62 Å². The fourth-order valence-electron chi connectivity index (χ4n) is 4.35. The zero-order valence-electron chi connectivity index (χ0n) is 23.8. The monoisotopic (exact) mass is 617 g/mol. The summed E-state index contributed by atoms with van der Waals surface area (Å²) in [7, 11) is -4.24. The number of carbonyl (C=O) groups is 2. The topological polar surface area (TPSA) is 86.8 Å². The van der Waals surface area contributed by atoms with Gasteiger partial charge in [-0.2, -0.15) is 0 Å². The lowest BCUT2D eigenvalue weighted by Gasteiger charge is -2.33. The Kier molecular flexibility index (Phi) is 11.6. The third-order valence-corrected chi connectivity index (χ3v) is 8.95. The summed E-state index contributed by atoms with van der Waals surface area (Å²) in [5.41, 5.74) is 1.95. The van der Waals surface area contributed by atoms with E-state index in [1.165, 1.54) is 29.2 Å². The SMILES string of the molecule is CC[C@H](C(=O)NCC(C)C)N(CCc1ccccc1)C(=O)CN(c1cc(Cl)ccc1Cl)S(=O)(=O)c1ccc(C)cc1. The third kappa shape index (κ3) is 8.71. The molecule has 0 heterocycles. The van der Waals surface area contributed by atoms with Gasteiger partial charge in [0.25, 0.3) is 10.0 Å². The van der Waals surface area contributed by atoms with E-state index in [2.05, 4.69) is 5.32 Å². The molecule has 2 amide bonds. The van der Waals surface area contributed by atoms with Crippen molar-refractivity contribution in [3.63, 3.8) is 0 Å². The van der Waals surface area contributed by atoms with Crippen molar-refractivity contribution < 1.29 is 18.0 Å². The molecule has 0 fully saturated rings. The second-order valence-corrected chi connectivity index (χ2v) is 13.0. The summed E-state index contributed by atoms with van der Waals surface area (Å²) < 4.78 is 28.9. The molecule has 3 rings (SSSR count). The highest BCUT2D eigenvalue weighted by molar-refractivity contribution is 7.92. The standard InChI is InChI=1S/C31H37Cl2N3O4S/c1-5-28(31(38)34-20-22(2)3)35(18-17-24-9-7-6-8-10-24)30(37)21-36(29-19-25(32)13-16-27(29)33)41(39,40)26-14-11-23(4)12-15-26/h6-16,19,22,28H,5,17-18,20-21H2,1-4H3,(H,34,38)/t28-/m1/s1. The van der Waals surface area contributed by atoms with Crippen molar-refractivity contribution in [3.8, 4) is 0 Å². The third-order valence-electron chi connectivity index (χ3n) is 6.62. The zero-order valence-corrected chi connectivity index (χ0v) is 26.1. The van der Waals surface area contributed by atoms with E-state index in [1.807, 2.05) is 58.0 Å². The molecule has 0 unspecified atom stereocenters. The molecule has 0 aromatic heterocycles. The molecule has 1 atom stereocenters. The molecule has 0 saturated heterocycles. The van der Waals surface area contributed by atoms with Crippen LogP contribution in [-0.4, -0.2) is 50.8 Å². The number of anilines is 1. The Morgan fingerprint density at radius 2 is 1.61 bits per heavy atom. The van der Waals surface area contributed by atoms with Crippen LogP contribution in [-0.2, 0) is 26.0 Å². The second kappa shape index (κ2) is 14.7. The molecule has 7 nitrogen and oxygen atoms in total. The Hall–Kier alpha value is -3.07. The molecule has 1 N–H and O–H groups in total. The largest absolute Gasteiger partial charge is 0.354 e. The lowest BCUT2D eigenvalue weighted by atomic mass is 10.1. The van der Waals surface area contributed by atoms with Crippen molar-refractivity contribution in [1.82, 2.24) is 10.2 Å². The molecule has 3 aromatic rings. The summed E-state index contributed by atoms with van der Waals surface area (Å²) in [5, 5.41) is 3.31. The number of hydrogen-bond acceptors (Lipinski definition) is 4. The van der Waals surface area contributed by atoms with Gasteiger partial charge < -0.3 is 10.2 Å². The molecule has 3 aromatic carbocycles. The summed E-state index contributed by atoms with van der Waals surface area (Å²) in [6.45, 7) is 7.77. The molecule has 220 valence electrons. The Labute approximate surface area is 253 Å². The number of sulfonamides is 1. The van der Waals surface area contributed by atoms with E-state index >= 15 is 0 Å². The number of halogens is 2. The van der Waals surface area contributed by atoms with Gasteiger partial charge >= 0.3 is 0 Å². The Morgan fingerprint density at radius 1 is 0.951 bits per heavy atom. The van der Waals surface area contributed by atoms with Crippen LogP contribution in [0.15, 0.2) is 77.7 Å². The summed E-state index contributed by atoms with van der Waals surface area (Å²) >= 11 is 12.7. The highest BCUT2D eigenvalue weighted by Gasteiger charge is 2.34. The van der Waals surface area contributed by atoms with E-state index in [4.69, 9.17) is 23.2 Å². The number of benzene rings is 3. The molecule has 0 bridgehead atoms. The first kappa shape index (κ1) is 32.4. The average Bonchev–Trinajstić information content (AvgIpc) is 2.94. The van der Waals surface area contributed by atoms with Crippen molar-refractivity contribution in [1.29, 1.82) is 0 Å². The average molecular weight is 619 g/mol. The zero-order chi connectivity index (χ0) is 30.2. The van der Waals surface area contributed by atoms with Crippen LogP contribution in [0.4, 0.5) is 5.69 Å². The molecule has 0 radical (unpaired) electrons. The molecule has 0 aliphatic heterocycles. The van der Waals surface area contributed by atoms with Crippen LogP contribution in [0.3, 0.4) is 0 Å². The van der Waals surface area contributed by atoms with E-state index < -0.39 is 28.5 Å². The van der Waals surface area contributed by atoms with E-state index in [0.717, 1.165) is 15.4 Å². The van der Waals surface area contributed by atoms with Crippen LogP contribution in [0.25, 0.3) is 0 Å². The van der Waals surface area contributed by atoms with Gasteiger partial charge in [0.1, 0.15) is 12.6 Å². The minimum absolute atomic E-state index is 0.00416. The van der Waals surface area contributed by atoms with Crippen LogP contribution in [0.5, 0.6) is 0 Å². The number of amides is 2. The van der Waals surface area contributed by atoms with E-state index in [-0.39, 0.29) is 39.0 Å². The van der Waals surface area contributed by atoms with Gasteiger partial charge in [0.2, 0.25) is 11.8 Å². The fourth-order valence-corrected chi connectivity index (χ4v) is 6.21. The van der Waals surface area contributed by atoms with Crippen molar-refractivity contribution >= 4 is 50.7 Å². The highest BCUT2D eigenvalue weighted by Crippen LogP contribution is 2.33. The minimum Gasteiger partial charge on any atom is -0.354 e. The van der Waals surface area contributed by atoms with Crippen LogP contribution >= 0.6 is 23.2 Å². The van der Waals surface area contributed by atoms with Gasteiger partial charge in [-0.05, 0) is 61.6 Å². The lowest BCUT2D eigenvalue weighted by molar-refractivity contribution is -0.139. The van der Waals surface area contributed by atoms with Crippen molar-refractivity contribution in [2.45, 2.75) is 51.5 Å². The van der Waals surface area contributed by atoms with Gasteiger partial charge in [-0.15, -0.1) is 0 Å². The predicted octanol–water partition coefficient (Wildman–Crippen LogP) is 6.12. The first-order chi connectivity index (χ1) is 19.4. The molecule has 0 aliphatic carbocycles. The molecular weight excluding hydrogens is 581 g/mol. The normalized spacial score (nSPS) is 12.2. The number of nitrogens with one attached hydrogen (secondary N) is 1. The fraction of sp³-hybridized carbons (Fsp3) is 0.355. The molecule has 41 heavy (non-hydrogen) atoms. The van der Waals surface area contributed by atoms with Gasteiger partial charge in [-0.25, -0.2) is 8.42 Å². The summed E-state index contributed by atoms with van der Waals surface area (Å²) in [5.74, 6) is -0.583. The molecular formula is C31H37Cl2N3O4S. The number of carbonyl (C=O) groups excluding carboxylic acids is 2. The summed E-state index contributed by atoms with van der Waals surface area (Å²) in [4.78, 5) is 28.8. The summed E-state index contributed by atoms with van der Waals surface area (Å²) in [6, 6.07) is 19.6. The van der Waals surface area contributed by atoms with Gasteiger partial charge in [0, 0.05) is 18.1 Å². The van der Waals surface area contributed by atoms with Crippen molar-refractivity contribution in [3.05, 3.63) is 94.0 Å². The van der Waals surface area contributed by atoms with E-state index in [9.17, 15) is 18.0 Å². The van der Waals surface area contributed by atoms with Gasteiger partial charge in [-0.1, -0.05) is 92.0 Å². The van der Waals surface area contributed by atoms with Crippen LogP contribution in [0.1, 0.15) is 38.3 Å². The van der Waals surface area contributed by atoms with Crippen molar-refractivity contribution in [2.75, 3.05) is 23.9 Å². The number of nitrogens with zero attached hydrogens (tertiary/aromatic N) is 2. The van der Waals surface area contributed by atoms with Crippen LogP contribution in [0.2, 0.25) is 10.0 Å². The van der Waals surface area contributed by atoms with Crippen molar-refractivity contribution in [2.24, 2.45) is 5.92 Å². The van der Waals surface area contributed by atoms with Gasteiger partial charge in [0.05, 0.1) is 15.6 Å². The number of hydrogen-bond donors (Lipinski definition) is 1. The quantitative estimate of drug-likeness (QED) is 0.250. The van der Waals surface area contributed by atoms with E-state index in [1.54, 1.807) is 18.2 Å². The molecule has 0 spiro atoms. The van der Waals surface area contributed by atoms with E-state index in [0.29, 0.717) is 19.4 Å². The summed E-state index contributed by atoms with van der Waals surface area (Å²) in [6.07, 6.45) is 0.844. The Bertz CT molecular complexity index is 1430. The molecule has 10 heteroatoms. The highest BCUT2D eigenvalue weighted by atomic mass is 35.5. The first-order valence-corrected chi connectivity index (χ1v) is 15.8. The molecule has 0 aliphatic rings. The smallest absolute Gasteiger partial charge is 0.264 e. The number of rotatable bonds is 13. The first-order valence-electron chi connectivity index (χ1n) is 13.6.